The Balaban J connectivity index is 1.69. The standard InChI is InChI=1S/C18H20N4/c1-2-8-18(22-14-16-6-4-10-20-12-16)17(7-1)21-13-15-5-3-9-19-11-15/h3-6,9-14,17-18H,1-2,7-8H2/t17-,18-/m1/s1. The molecule has 22 heavy (non-hydrogen) atoms. The first-order valence-corrected chi connectivity index (χ1v) is 7.78. The first-order chi connectivity index (χ1) is 10.9. The van der Waals surface area contributed by atoms with Gasteiger partial charge < -0.3 is 0 Å². The normalized spacial score (nSPS) is 22.4. The zero-order valence-electron chi connectivity index (χ0n) is 12.5. The van der Waals surface area contributed by atoms with Gasteiger partial charge in [0.15, 0.2) is 0 Å². The smallest absolute Gasteiger partial charge is 0.0723 e. The van der Waals surface area contributed by atoms with Crippen LogP contribution in [0.3, 0.4) is 0 Å². The monoisotopic (exact) mass is 292 g/mol. The van der Waals surface area contributed by atoms with Crippen molar-refractivity contribution in [2.24, 2.45) is 9.98 Å². The summed E-state index contributed by atoms with van der Waals surface area (Å²) in [5.41, 5.74) is 2.09. The molecule has 0 bridgehead atoms. The number of aromatic nitrogens is 2. The Labute approximate surface area is 131 Å². The molecular weight excluding hydrogens is 272 g/mol. The van der Waals surface area contributed by atoms with Crippen LogP contribution >= 0.6 is 0 Å². The Bertz CT molecular complexity index is 565. The molecule has 3 rings (SSSR count). The highest BCUT2D eigenvalue weighted by molar-refractivity contribution is 5.80. The van der Waals surface area contributed by atoms with E-state index in [2.05, 4.69) is 9.97 Å². The number of hydrogen-bond acceptors (Lipinski definition) is 4. The molecule has 112 valence electrons. The second kappa shape index (κ2) is 7.59. The van der Waals surface area contributed by atoms with E-state index in [9.17, 15) is 0 Å². The minimum atomic E-state index is 0.266. The van der Waals surface area contributed by atoms with Crippen molar-refractivity contribution >= 4 is 12.4 Å². The van der Waals surface area contributed by atoms with Crippen molar-refractivity contribution in [3.63, 3.8) is 0 Å². The van der Waals surface area contributed by atoms with Gasteiger partial charge in [-0.25, -0.2) is 0 Å². The van der Waals surface area contributed by atoms with E-state index in [1.165, 1.54) is 12.8 Å². The van der Waals surface area contributed by atoms with Crippen molar-refractivity contribution in [3.8, 4) is 0 Å². The molecule has 0 amide bonds. The zero-order valence-corrected chi connectivity index (χ0v) is 12.5. The van der Waals surface area contributed by atoms with Gasteiger partial charge in [-0.3, -0.25) is 20.0 Å². The van der Waals surface area contributed by atoms with Crippen molar-refractivity contribution < 1.29 is 0 Å². The van der Waals surface area contributed by atoms with Crippen molar-refractivity contribution in [1.82, 2.24) is 9.97 Å². The summed E-state index contributed by atoms with van der Waals surface area (Å²) in [5, 5.41) is 0. The van der Waals surface area contributed by atoms with Crippen LogP contribution in [0.25, 0.3) is 0 Å². The molecule has 1 saturated carbocycles. The van der Waals surface area contributed by atoms with Crippen LogP contribution in [0.15, 0.2) is 59.0 Å². The third-order valence-electron chi connectivity index (χ3n) is 3.89. The van der Waals surface area contributed by atoms with Gasteiger partial charge in [-0.15, -0.1) is 0 Å². The van der Waals surface area contributed by atoms with Gasteiger partial charge in [-0.05, 0) is 25.0 Å². The van der Waals surface area contributed by atoms with E-state index >= 15 is 0 Å². The summed E-state index contributed by atoms with van der Waals surface area (Å²) < 4.78 is 0. The topological polar surface area (TPSA) is 50.5 Å². The summed E-state index contributed by atoms with van der Waals surface area (Å²) in [6.45, 7) is 0. The molecule has 2 heterocycles. The maximum Gasteiger partial charge on any atom is 0.0723 e. The maximum absolute atomic E-state index is 4.75. The van der Waals surface area contributed by atoms with Gasteiger partial charge in [0.05, 0.1) is 12.1 Å². The van der Waals surface area contributed by atoms with Gasteiger partial charge in [-0.1, -0.05) is 25.0 Å². The number of hydrogen-bond donors (Lipinski definition) is 0. The molecule has 0 radical (unpaired) electrons. The van der Waals surface area contributed by atoms with Crippen LogP contribution < -0.4 is 0 Å². The molecule has 0 aliphatic heterocycles. The van der Waals surface area contributed by atoms with Gasteiger partial charge in [0.25, 0.3) is 0 Å². The lowest BCUT2D eigenvalue weighted by Gasteiger charge is -2.25. The molecule has 2 aromatic heterocycles. The van der Waals surface area contributed by atoms with Crippen molar-refractivity contribution in [2.45, 2.75) is 37.8 Å². The fourth-order valence-electron chi connectivity index (χ4n) is 2.71. The van der Waals surface area contributed by atoms with Crippen LogP contribution in [0.4, 0.5) is 0 Å². The van der Waals surface area contributed by atoms with Crippen molar-refractivity contribution in [2.75, 3.05) is 0 Å². The van der Waals surface area contributed by atoms with E-state index in [1.807, 2.05) is 49.1 Å². The summed E-state index contributed by atoms with van der Waals surface area (Å²) in [4.78, 5) is 17.7. The maximum atomic E-state index is 4.75. The van der Waals surface area contributed by atoms with Gasteiger partial charge in [0, 0.05) is 48.3 Å². The Morgan fingerprint density at radius 1 is 0.818 bits per heavy atom. The largest absolute Gasteiger partial charge is 0.287 e. The molecule has 1 fully saturated rings. The molecule has 1 aliphatic rings. The number of rotatable bonds is 4. The summed E-state index contributed by atoms with van der Waals surface area (Å²) in [6.07, 6.45) is 15.7. The van der Waals surface area contributed by atoms with E-state index in [4.69, 9.17) is 9.98 Å². The van der Waals surface area contributed by atoms with Crippen molar-refractivity contribution in [3.05, 3.63) is 60.2 Å². The van der Waals surface area contributed by atoms with Crippen LogP contribution in [-0.2, 0) is 0 Å². The van der Waals surface area contributed by atoms with Crippen LogP contribution in [0.5, 0.6) is 0 Å². The van der Waals surface area contributed by atoms with Gasteiger partial charge in [0.2, 0.25) is 0 Å². The summed E-state index contributed by atoms with van der Waals surface area (Å²) >= 11 is 0. The van der Waals surface area contributed by atoms with Gasteiger partial charge in [0.1, 0.15) is 0 Å². The lowest BCUT2D eigenvalue weighted by atomic mass is 9.91. The van der Waals surface area contributed by atoms with Crippen LogP contribution in [0, 0.1) is 0 Å². The third kappa shape index (κ3) is 4.07. The van der Waals surface area contributed by atoms with E-state index in [0.29, 0.717) is 0 Å². The number of nitrogens with zero attached hydrogens (tertiary/aromatic N) is 4. The Kier molecular flexibility index (Phi) is 5.03. The summed E-state index contributed by atoms with van der Waals surface area (Å²) in [5.74, 6) is 0. The fourth-order valence-corrected chi connectivity index (χ4v) is 2.71. The highest BCUT2D eigenvalue weighted by Crippen LogP contribution is 2.24. The molecule has 4 heteroatoms. The highest BCUT2D eigenvalue weighted by atomic mass is 14.9. The number of aliphatic imine (C=N–C) groups is 2. The SMILES string of the molecule is C(=N[C@@H]1CCCC[C@H]1N=Cc1cccnc1)c1cccnc1. The van der Waals surface area contributed by atoms with Crippen molar-refractivity contribution in [1.29, 1.82) is 0 Å². The molecule has 4 nitrogen and oxygen atoms in total. The van der Waals surface area contributed by atoms with E-state index in [1.54, 1.807) is 12.4 Å². The van der Waals surface area contributed by atoms with Gasteiger partial charge in [-0.2, -0.15) is 0 Å². The first-order valence-electron chi connectivity index (χ1n) is 7.78. The summed E-state index contributed by atoms with van der Waals surface area (Å²) in [7, 11) is 0. The predicted octanol–water partition coefficient (Wildman–Crippen LogP) is 3.33. The molecule has 0 aromatic carbocycles. The minimum absolute atomic E-state index is 0.266. The van der Waals surface area contributed by atoms with Gasteiger partial charge >= 0.3 is 0 Å². The van der Waals surface area contributed by atoms with E-state index in [-0.39, 0.29) is 12.1 Å². The molecule has 2 aromatic rings. The van der Waals surface area contributed by atoms with E-state index in [0.717, 1.165) is 24.0 Å². The molecule has 0 saturated heterocycles. The van der Waals surface area contributed by atoms with Crippen LogP contribution in [-0.4, -0.2) is 34.5 Å². The zero-order chi connectivity index (χ0) is 15.0. The van der Waals surface area contributed by atoms with Crippen LogP contribution in [0.2, 0.25) is 0 Å². The molecule has 0 spiro atoms. The first kappa shape index (κ1) is 14.6. The number of pyridine rings is 2. The average Bonchev–Trinajstić information content (AvgIpc) is 2.61. The molecule has 2 atom stereocenters. The highest BCUT2D eigenvalue weighted by Gasteiger charge is 2.23. The Hall–Kier alpha value is -2.36. The molecule has 0 N–H and O–H groups in total. The lowest BCUT2D eigenvalue weighted by Crippen LogP contribution is -2.27. The molecular formula is C18H20N4. The Morgan fingerprint density at radius 2 is 1.32 bits per heavy atom. The lowest BCUT2D eigenvalue weighted by molar-refractivity contribution is 0.390. The molecule has 1 aliphatic carbocycles. The van der Waals surface area contributed by atoms with Crippen LogP contribution in [0.1, 0.15) is 36.8 Å². The quantitative estimate of drug-likeness (QED) is 0.812. The second-order valence-corrected chi connectivity index (χ2v) is 5.55. The fraction of sp³-hybridized carbons (Fsp3) is 0.333. The minimum Gasteiger partial charge on any atom is -0.287 e. The third-order valence-corrected chi connectivity index (χ3v) is 3.89. The second-order valence-electron chi connectivity index (χ2n) is 5.55. The summed E-state index contributed by atoms with van der Waals surface area (Å²) in [6, 6.07) is 8.44. The predicted molar refractivity (Wildman–Crippen MR) is 89.7 cm³/mol. The molecule has 0 unspecified atom stereocenters. The van der Waals surface area contributed by atoms with E-state index < -0.39 is 0 Å². The average molecular weight is 292 g/mol. The Morgan fingerprint density at radius 3 is 1.73 bits per heavy atom.